The maximum absolute atomic E-state index is 13.1. The van der Waals surface area contributed by atoms with E-state index >= 15 is 0 Å². The lowest BCUT2D eigenvalue weighted by Crippen LogP contribution is -2.37. The Bertz CT molecular complexity index is 728. The minimum Gasteiger partial charge on any atom is -0.375 e. The van der Waals surface area contributed by atoms with Crippen LogP contribution in [-0.4, -0.2) is 19.6 Å². The van der Waals surface area contributed by atoms with Gasteiger partial charge in [-0.2, -0.15) is 0 Å². The van der Waals surface area contributed by atoms with Crippen molar-refractivity contribution >= 4 is 17.5 Å². The molecule has 2 aromatic carbocycles. The van der Waals surface area contributed by atoms with Gasteiger partial charge in [0.05, 0.1) is 5.41 Å². The van der Waals surface area contributed by atoms with E-state index < -0.39 is 5.41 Å². The first-order valence-corrected chi connectivity index (χ1v) is 8.26. The summed E-state index contributed by atoms with van der Waals surface area (Å²) >= 11 is 6.20. The van der Waals surface area contributed by atoms with E-state index in [4.69, 9.17) is 16.3 Å². The second-order valence-corrected chi connectivity index (χ2v) is 6.45. The summed E-state index contributed by atoms with van der Waals surface area (Å²) in [5.74, 6) is -0.351. The molecule has 1 fully saturated rings. The SMILES string of the molecule is COC(CNC(=O)C1(c2ccc(F)cc2)CC1)c1ccccc1Cl. The van der Waals surface area contributed by atoms with Crippen LogP contribution in [0.4, 0.5) is 4.39 Å². The lowest BCUT2D eigenvalue weighted by Gasteiger charge is -2.21. The first-order valence-electron chi connectivity index (χ1n) is 7.88. The van der Waals surface area contributed by atoms with Crippen molar-refractivity contribution in [3.05, 3.63) is 70.5 Å². The van der Waals surface area contributed by atoms with Crippen molar-refractivity contribution in [2.75, 3.05) is 13.7 Å². The van der Waals surface area contributed by atoms with Gasteiger partial charge in [0.15, 0.2) is 0 Å². The van der Waals surface area contributed by atoms with Crippen molar-refractivity contribution in [1.82, 2.24) is 5.32 Å². The molecule has 0 radical (unpaired) electrons. The van der Waals surface area contributed by atoms with Gasteiger partial charge < -0.3 is 10.1 Å². The number of hydrogen-bond donors (Lipinski definition) is 1. The summed E-state index contributed by atoms with van der Waals surface area (Å²) in [6, 6.07) is 13.6. The summed E-state index contributed by atoms with van der Waals surface area (Å²) in [5.41, 5.74) is 1.16. The molecule has 0 heterocycles. The van der Waals surface area contributed by atoms with E-state index in [0.717, 1.165) is 24.0 Å². The second kappa shape index (κ2) is 6.91. The van der Waals surface area contributed by atoms with Crippen LogP contribution in [0.1, 0.15) is 30.1 Å². The van der Waals surface area contributed by atoms with Crippen LogP contribution >= 0.6 is 11.6 Å². The number of hydrogen-bond acceptors (Lipinski definition) is 2. The van der Waals surface area contributed by atoms with Gasteiger partial charge in [-0.15, -0.1) is 0 Å². The highest BCUT2D eigenvalue weighted by Crippen LogP contribution is 2.48. The quantitative estimate of drug-likeness (QED) is 0.857. The molecule has 24 heavy (non-hydrogen) atoms. The first-order chi connectivity index (χ1) is 11.6. The van der Waals surface area contributed by atoms with Crippen LogP contribution < -0.4 is 5.32 Å². The molecule has 0 spiro atoms. The highest BCUT2D eigenvalue weighted by Gasteiger charge is 2.51. The number of methoxy groups -OCH3 is 1. The van der Waals surface area contributed by atoms with Gasteiger partial charge >= 0.3 is 0 Å². The maximum atomic E-state index is 13.1. The molecule has 1 amide bonds. The van der Waals surface area contributed by atoms with Gasteiger partial charge in [0.2, 0.25) is 5.91 Å². The van der Waals surface area contributed by atoms with Gasteiger partial charge in [-0.3, -0.25) is 4.79 Å². The molecule has 0 saturated heterocycles. The van der Waals surface area contributed by atoms with Crippen molar-refractivity contribution in [2.24, 2.45) is 0 Å². The standard InChI is InChI=1S/C19H19ClFNO2/c1-24-17(15-4-2-3-5-16(15)20)12-22-18(23)19(10-11-19)13-6-8-14(21)9-7-13/h2-9,17H,10-12H2,1H3,(H,22,23). The fraction of sp³-hybridized carbons (Fsp3) is 0.316. The summed E-state index contributed by atoms with van der Waals surface area (Å²) < 4.78 is 18.6. The molecule has 5 heteroatoms. The normalized spacial score (nSPS) is 16.5. The second-order valence-electron chi connectivity index (χ2n) is 6.04. The molecule has 1 atom stereocenters. The maximum Gasteiger partial charge on any atom is 0.230 e. The van der Waals surface area contributed by atoms with Gasteiger partial charge in [0, 0.05) is 24.2 Å². The van der Waals surface area contributed by atoms with Crippen molar-refractivity contribution < 1.29 is 13.9 Å². The zero-order chi connectivity index (χ0) is 17.2. The van der Waals surface area contributed by atoms with Crippen molar-refractivity contribution in [2.45, 2.75) is 24.4 Å². The van der Waals surface area contributed by atoms with E-state index in [1.807, 2.05) is 18.2 Å². The predicted molar refractivity (Wildman–Crippen MR) is 91.5 cm³/mol. The number of rotatable bonds is 6. The van der Waals surface area contributed by atoms with Crippen molar-refractivity contribution in [3.8, 4) is 0 Å². The highest BCUT2D eigenvalue weighted by molar-refractivity contribution is 6.31. The molecule has 1 saturated carbocycles. The summed E-state index contributed by atoms with van der Waals surface area (Å²) in [6.45, 7) is 0.335. The molecule has 1 N–H and O–H groups in total. The smallest absolute Gasteiger partial charge is 0.230 e. The summed E-state index contributed by atoms with van der Waals surface area (Å²) in [5, 5.41) is 3.57. The number of carbonyl (C=O) groups is 1. The lowest BCUT2D eigenvalue weighted by molar-refractivity contribution is -0.124. The van der Waals surface area contributed by atoms with Crippen LogP contribution in [0.3, 0.4) is 0 Å². The molecule has 1 aliphatic carbocycles. The largest absolute Gasteiger partial charge is 0.375 e. The van der Waals surface area contributed by atoms with Gasteiger partial charge in [-0.05, 0) is 36.6 Å². The highest BCUT2D eigenvalue weighted by atomic mass is 35.5. The number of carbonyl (C=O) groups excluding carboxylic acids is 1. The van der Waals surface area contributed by atoms with E-state index in [-0.39, 0.29) is 17.8 Å². The molecule has 1 unspecified atom stereocenters. The van der Waals surface area contributed by atoms with Crippen LogP contribution in [0.15, 0.2) is 48.5 Å². The zero-order valence-electron chi connectivity index (χ0n) is 13.4. The van der Waals surface area contributed by atoms with E-state index in [9.17, 15) is 9.18 Å². The molecule has 126 valence electrons. The summed E-state index contributed by atoms with van der Waals surface area (Å²) in [7, 11) is 1.59. The zero-order valence-corrected chi connectivity index (χ0v) is 14.1. The molecule has 0 aliphatic heterocycles. The Hall–Kier alpha value is -1.91. The molecule has 3 nitrogen and oxygen atoms in total. The van der Waals surface area contributed by atoms with Gasteiger partial charge in [0.25, 0.3) is 0 Å². The van der Waals surface area contributed by atoms with Crippen molar-refractivity contribution in [3.63, 3.8) is 0 Å². The topological polar surface area (TPSA) is 38.3 Å². The average molecular weight is 348 g/mol. The van der Waals surface area contributed by atoms with E-state index in [2.05, 4.69) is 5.32 Å². The van der Waals surface area contributed by atoms with Gasteiger partial charge in [-0.1, -0.05) is 41.9 Å². The third kappa shape index (κ3) is 3.30. The van der Waals surface area contributed by atoms with Crippen LogP contribution in [-0.2, 0) is 14.9 Å². The monoisotopic (exact) mass is 347 g/mol. The minimum atomic E-state index is -0.535. The third-order valence-corrected chi connectivity index (χ3v) is 4.91. The van der Waals surface area contributed by atoms with Crippen LogP contribution in [0.5, 0.6) is 0 Å². The number of nitrogens with one attached hydrogen (secondary N) is 1. The van der Waals surface area contributed by atoms with Gasteiger partial charge in [-0.25, -0.2) is 4.39 Å². The Labute approximate surface area is 145 Å². The molecule has 2 aromatic rings. The van der Waals surface area contributed by atoms with E-state index in [0.29, 0.717) is 11.6 Å². The number of halogens is 2. The lowest BCUT2D eigenvalue weighted by atomic mass is 9.95. The average Bonchev–Trinajstić information content (AvgIpc) is 3.39. The summed E-state index contributed by atoms with van der Waals surface area (Å²) in [6.07, 6.45) is 1.23. The molecular weight excluding hydrogens is 329 g/mol. The molecule has 1 aliphatic rings. The van der Waals surface area contributed by atoms with Crippen LogP contribution in [0, 0.1) is 5.82 Å². The van der Waals surface area contributed by atoms with Crippen molar-refractivity contribution in [1.29, 1.82) is 0 Å². The van der Waals surface area contributed by atoms with E-state index in [1.165, 1.54) is 12.1 Å². The van der Waals surface area contributed by atoms with Crippen LogP contribution in [0.25, 0.3) is 0 Å². The Morgan fingerprint density at radius 1 is 1.25 bits per heavy atom. The Balaban J connectivity index is 1.68. The number of amides is 1. The Morgan fingerprint density at radius 2 is 1.92 bits per heavy atom. The Kier molecular flexibility index (Phi) is 4.88. The fourth-order valence-corrected chi connectivity index (χ4v) is 3.21. The third-order valence-electron chi connectivity index (χ3n) is 4.57. The predicted octanol–water partition coefficient (Wildman–Crippen LogP) is 4.01. The molecule has 0 aromatic heterocycles. The Morgan fingerprint density at radius 3 is 2.50 bits per heavy atom. The molecular formula is C19H19ClFNO2. The molecule has 3 rings (SSSR count). The molecule has 0 bridgehead atoms. The number of ether oxygens (including phenoxy) is 1. The first kappa shape index (κ1) is 16.9. The summed E-state index contributed by atoms with van der Waals surface area (Å²) in [4.78, 5) is 12.7. The van der Waals surface area contributed by atoms with E-state index in [1.54, 1.807) is 25.3 Å². The van der Waals surface area contributed by atoms with Crippen LogP contribution in [0.2, 0.25) is 5.02 Å². The van der Waals surface area contributed by atoms with Gasteiger partial charge in [0.1, 0.15) is 11.9 Å². The number of benzene rings is 2. The fourth-order valence-electron chi connectivity index (χ4n) is 2.95. The minimum absolute atomic E-state index is 0.0526.